The largest absolute Gasteiger partial charge is 0.474 e. The van der Waals surface area contributed by atoms with Crippen LogP contribution in [0.15, 0.2) is 12.5 Å². The molecule has 4 heteroatoms. The first kappa shape index (κ1) is 13.3. The Labute approximate surface area is 109 Å². The molecule has 1 aromatic rings. The Morgan fingerprint density at radius 2 is 2.33 bits per heavy atom. The van der Waals surface area contributed by atoms with E-state index in [0.717, 1.165) is 30.3 Å². The molecule has 100 valence electrons. The molecule has 2 unspecified atom stereocenters. The summed E-state index contributed by atoms with van der Waals surface area (Å²) in [6.07, 6.45) is 9.92. The van der Waals surface area contributed by atoms with E-state index in [9.17, 15) is 0 Å². The quantitative estimate of drug-likeness (QED) is 0.871. The van der Waals surface area contributed by atoms with E-state index in [4.69, 9.17) is 4.74 Å². The molecule has 1 aromatic heterocycles. The minimum absolute atomic E-state index is 0.328. The fourth-order valence-corrected chi connectivity index (χ4v) is 2.64. The molecule has 0 bridgehead atoms. The highest BCUT2D eigenvalue weighted by molar-refractivity contribution is 5.22. The number of nitrogens with zero attached hydrogens (tertiary/aromatic N) is 2. The summed E-state index contributed by atoms with van der Waals surface area (Å²) in [5.74, 6) is 1.57. The third-order valence-electron chi connectivity index (χ3n) is 3.70. The second kappa shape index (κ2) is 6.69. The van der Waals surface area contributed by atoms with Crippen LogP contribution in [0.2, 0.25) is 0 Å². The van der Waals surface area contributed by atoms with Gasteiger partial charge in [0.2, 0.25) is 5.88 Å². The van der Waals surface area contributed by atoms with Gasteiger partial charge in [-0.3, -0.25) is 0 Å². The Morgan fingerprint density at radius 1 is 1.44 bits per heavy atom. The summed E-state index contributed by atoms with van der Waals surface area (Å²) in [6.45, 7) is 3.02. The molecular weight excluding hydrogens is 226 g/mol. The van der Waals surface area contributed by atoms with E-state index in [1.807, 2.05) is 13.2 Å². The van der Waals surface area contributed by atoms with E-state index in [1.165, 1.54) is 25.7 Å². The minimum Gasteiger partial charge on any atom is -0.474 e. The summed E-state index contributed by atoms with van der Waals surface area (Å²) >= 11 is 0. The van der Waals surface area contributed by atoms with Crippen LogP contribution in [0.1, 0.15) is 44.6 Å². The van der Waals surface area contributed by atoms with Crippen LogP contribution in [0.4, 0.5) is 0 Å². The molecular formula is C14H23N3O. The highest BCUT2D eigenvalue weighted by Crippen LogP contribution is 2.29. The first-order valence-electron chi connectivity index (χ1n) is 6.93. The van der Waals surface area contributed by atoms with Crippen molar-refractivity contribution in [2.45, 2.75) is 51.7 Å². The molecule has 1 aliphatic rings. The molecule has 0 aliphatic heterocycles. The van der Waals surface area contributed by atoms with Gasteiger partial charge in [-0.2, -0.15) is 0 Å². The standard InChI is InChI=1S/C14H23N3O/c1-3-11-5-4-6-13(7-11)18-14-12(8-15-2)9-16-10-17-14/h9-11,13,15H,3-8H2,1-2H3. The maximum atomic E-state index is 6.08. The molecule has 2 rings (SSSR count). The number of hydrogen-bond donors (Lipinski definition) is 1. The highest BCUT2D eigenvalue weighted by atomic mass is 16.5. The predicted octanol–water partition coefficient (Wildman–Crippen LogP) is 2.54. The lowest BCUT2D eigenvalue weighted by molar-refractivity contribution is 0.115. The topological polar surface area (TPSA) is 47.0 Å². The Hall–Kier alpha value is -1.16. The molecule has 0 amide bonds. The van der Waals surface area contributed by atoms with E-state index in [0.29, 0.717) is 6.10 Å². The van der Waals surface area contributed by atoms with Gasteiger partial charge in [0.05, 0.1) is 0 Å². The predicted molar refractivity (Wildman–Crippen MR) is 71.5 cm³/mol. The molecule has 1 fully saturated rings. The fourth-order valence-electron chi connectivity index (χ4n) is 2.64. The Bertz CT molecular complexity index is 370. The normalized spacial score (nSPS) is 23.9. The molecule has 18 heavy (non-hydrogen) atoms. The third-order valence-corrected chi connectivity index (χ3v) is 3.70. The Morgan fingerprint density at radius 3 is 3.11 bits per heavy atom. The molecule has 1 aliphatic carbocycles. The second-order valence-electron chi connectivity index (χ2n) is 5.06. The van der Waals surface area contributed by atoms with Gasteiger partial charge in [-0.15, -0.1) is 0 Å². The zero-order valence-corrected chi connectivity index (χ0v) is 11.4. The molecule has 2 atom stereocenters. The average Bonchev–Trinajstić information content (AvgIpc) is 2.41. The lowest BCUT2D eigenvalue weighted by Crippen LogP contribution is -2.26. The molecule has 0 radical (unpaired) electrons. The second-order valence-corrected chi connectivity index (χ2v) is 5.06. The van der Waals surface area contributed by atoms with Gasteiger partial charge in [0, 0.05) is 18.3 Å². The van der Waals surface area contributed by atoms with Crippen molar-refractivity contribution in [3.63, 3.8) is 0 Å². The van der Waals surface area contributed by atoms with E-state index >= 15 is 0 Å². The number of hydrogen-bond acceptors (Lipinski definition) is 4. The smallest absolute Gasteiger partial charge is 0.221 e. The summed E-state index contributed by atoms with van der Waals surface area (Å²) < 4.78 is 6.08. The number of ether oxygens (including phenoxy) is 1. The maximum absolute atomic E-state index is 6.08. The van der Waals surface area contributed by atoms with E-state index < -0.39 is 0 Å². The number of nitrogens with one attached hydrogen (secondary N) is 1. The van der Waals surface area contributed by atoms with Crippen LogP contribution in [-0.2, 0) is 6.54 Å². The van der Waals surface area contributed by atoms with Crippen molar-refractivity contribution in [3.05, 3.63) is 18.1 Å². The van der Waals surface area contributed by atoms with Crippen molar-refractivity contribution in [1.82, 2.24) is 15.3 Å². The monoisotopic (exact) mass is 249 g/mol. The van der Waals surface area contributed by atoms with Gasteiger partial charge in [-0.1, -0.05) is 19.8 Å². The Balaban J connectivity index is 1.99. The zero-order valence-electron chi connectivity index (χ0n) is 11.4. The van der Waals surface area contributed by atoms with Crippen molar-refractivity contribution >= 4 is 0 Å². The van der Waals surface area contributed by atoms with Crippen LogP contribution >= 0.6 is 0 Å². The molecule has 4 nitrogen and oxygen atoms in total. The minimum atomic E-state index is 0.328. The van der Waals surface area contributed by atoms with Crippen LogP contribution in [0.3, 0.4) is 0 Å². The summed E-state index contributed by atoms with van der Waals surface area (Å²) in [6, 6.07) is 0. The van der Waals surface area contributed by atoms with Crippen molar-refractivity contribution < 1.29 is 4.74 Å². The van der Waals surface area contributed by atoms with Crippen LogP contribution in [0.5, 0.6) is 5.88 Å². The SMILES string of the molecule is CCC1CCCC(Oc2ncncc2CNC)C1. The van der Waals surface area contributed by atoms with E-state index in [2.05, 4.69) is 22.2 Å². The van der Waals surface area contributed by atoms with Crippen molar-refractivity contribution in [2.75, 3.05) is 7.05 Å². The number of rotatable bonds is 5. The molecule has 1 N–H and O–H groups in total. The van der Waals surface area contributed by atoms with Crippen molar-refractivity contribution in [3.8, 4) is 5.88 Å². The maximum Gasteiger partial charge on any atom is 0.221 e. The van der Waals surface area contributed by atoms with Crippen molar-refractivity contribution in [2.24, 2.45) is 5.92 Å². The summed E-state index contributed by atoms with van der Waals surface area (Å²) in [5, 5.41) is 3.12. The lowest BCUT2D eigenvalue weighted by atomic mass is 9.85. The lowest BCUT2D eigenvalue weighted by Gasteiger charge is -2.29. The Kier molecular flexibility index (Phi) is 4.93. The summed E-state index contributed by atoms with van der Waals surface area (Å²) in [4.78, 5) is 8.33. The third kappa shape index (κ3) is 3.42. The van der Waals surface area contributed by atoms with Crippen LogP contribution in [0, 0.1) is 5.92 Å². The van der Waals surface area contributed by atoms with Gasteiger partial charge < -0.3 is 10.1 Å². The zero-order chi connectivity index (χ0) is 12.8. The average molecular weight is 249 g/mol. The highest BCUT2D eigenvalue weighted by Gasteiger charge is 2.23. The first-order valence-corrected chi connectivity index (χ1v) is 6.93. The van der Waals surface area contributed by atoms with Gasteiger partial charge in [-0.05, 0) is 32.2 Å². The van der Waals surface area contributed by atoms with Crippen LogP contribution in [0.25, 0.3) is 0 Å². The first-order chi connectivity index (χ1) is 8.83. The number of aromatic nitrogens is 2. The van der Waals surface area contributed by atoms with Crippen LogP contribution < -0.4 is 10.1 Å². The molecule has 0 aromatic carbocycles. The molecule has 0 spiro atoms. The van der Waals surface area contributed by atoms with Gasteiger partial charge in [-0.25, -0.2) is 9.97 Å². The van der Waals surface area contributed by atoms with Gasteiger partial charge >= 0.3 is 0 Å². The molecule has 0 saturated heterocycles. The summed E-state index contributed by atoms with van der Waals surface area (Å²) in [5.41, 5.74) is 1.04. The van der Waals surface area contributed by atoms with Gasteiger partial charge in [0.1, 0.15) is 12.4 Å². The molecule has 1 saturated carbocycles. The fraction of sp³-hybridized carbons (Fsp3) is 0.714. The van der Waals surface area contributed by atoms with E-state index in [1.54, 1.807) is 6.33 Å². The van der Waals surface area contributed by atoms with E-state index in [-0.39, 0.29) is 0 Å². The molecule has 1 heterocycles. The summed E-state index contributed by atoms with van der Waals surface area (Å²) in [7, 11) is 1.92. The van der Waals surface area contributed by atoms with Crippen LogP contribution in [-0.4, -0.2) is 23.1 Å². The van der Waals surface area contributed by atoms with Gasteiger partial charge in [0.25, 0.3) is 0 Å². The van der Waals surface area contributed by atoms with Crippen molar-refractivity contribution in [1.29, 1.82) is 0 Å². The van der Waals surface area contributed by atoms with Gasteiger partial charge in [0.15, 0.2) is 0 Å².